The Bertz CT molecular complexity index is 599. The Morgan fingerprint density at radius 2 is 1.00 bits per heavy atom. The van der Waals surface area contributed by atoms with Crippen LogP contribution in [0.2, 0.25) is 20.1 Å². The molecule has 0 radical (unpaired) electrons. The molecular formula is C14H12Cl4N2. The predicted molar refractivity (Wildman–Crippen MR) is 89.6 cm³/mol. The highest BCUT2D eigenvalue weighted by atomic mass is 35.5. The summed E-state index contributed by atoms with van der Waals surface area (Å²) in [5.74, 6) is 0. The SMILES string of the molecule is Cc1c(Cl)ccc(NNc2ccc(Cl)c(C)c2Cl)c1Cl. The van der Waals surface area contributed by atoms with Crippen molar-refractivity contribution in [1.29, 1.82) is 0 Å². The molecule has 20 heavy (non-hydrogen) atoms. The van der Waals surface area contributed by atoms with Crippen LogP contribution in [-0.4, -0.2) is 0 Å². The van der Waals surface area contributed by atoms with E-state index in [-0.39, 0.29) is 0 Å². The van der Waals surface area contributed by atoms with Crippen molar-refractivity contribution >= 4 is 57.8 Å². The zero-order valence-electron chi connectivity index (χ0n) is 10.8. The molecule has 0 aliphatic rings. The molecule has 2 aromatic rings. The first-order valence-corrected chi connectivity index (χ1v) is 7.34. The van der Waals surface area contributed by atoms with Crippen LogP contribution in [0, 0.1) is 13.8 Å². The Morgan fingerprint density at radius 1 is 0.650 bits per heavy atom. The third-order valence-electron chi connectivity index (χ3n) is 2.97. The van der Waals surface area contributed by atoms with Crippen molar-refractivity contribution in [2.75, 3.05) is 10.9 Å². The van der Waals surface area contributed by atoms with Crippen LogP contribution in [0.3, 0.4) is 0 Å². The van der Waals surface area contributed by atoms with Crippen LogP contribution < -0.4 is 10.9 Å². The Morgan fingerprint density at radius 3 is 1.35 bits per heavy atom. The van der Waals surface area contributed by atoms with Crippen LogP contribution >= 0.6 is 46.4 Å². The molecule has 0 aromatic heterocycles. The summed E-state index contributed by atoms with van der Waals surface area (Å²) in [7, 11) is 0. The maximum Gasteiger partial charge on any atom is 0.0729 e. The van der Waals surface area contributed by atoms with Gasteiger partial charge in [-0.3, -0.25) is 10.9 Å². The number of nitrogens with one attached hydrogen (secondary N) is 2. The molecule has 0 heterocycles. The first-order chi connectivity index (χ1) is 9.41. The van der Waals surface area contributed by atoms with E-state index in [4.69, 9.17) is 46.4 Å². The van der Waals surface area contributed by atoms with Gasteiger partial charge in [-0.1, -0.05) is 46.4 Å². The Kier molecular flexibility index (Phi) is 4.92. The zero-order chi connectivity index (χ0) is 14.9. The summed E-state index contributed by atoms with van der Waals surface area (Å²) in [6.07, 6.45) is 0. The minimum atomic E-state index is 0.562. The second kappa shape index (κ2) is 6.31. The molecule has 0 fully saturated rings. The third-order valence-corrected chi connectivity index (χ3v) is 4.77. The molecule has 0 amide bonds. The highest BCUT2D eigenvalue weighted by molar-refractivity contribution is 6.38. The second-order valence-corrected chi connectivity index (χ2v) is 5.89. The van der Waals surface area contributed by atoms with Gasteiger partial charge in [0.05, 0.1) is 21.4 Å². The van der Waals surface area contributed by atoms with Gasteiger partial charge in [-0.05, 0) is 49.2 Å². The number of hydrazine groups is 1. The number of hydrogen-bond acceptors (Lipinski definition) is 2. The summed E-state index contributed by atoms with van der Waals surface area (Å²) < 4.78 is 0. The van der Waals surface area contributed by atoms with Crippen molar-refractivity contribution in [3.8, 4) is 0 Å². The van der Waals surface area contributed by atoms with Crippen molar-refractivity contribution in [2.24, 2.45) is 0 Å². The van der Waals surface area contributed by atoms with Gasteiger partial charge >= 0.3 is 0 Å². The number of rotatable bonds is 3. The Hall–Kier alpha value is -0.800. The monoisotopic (exact) mass is 348 g/mol. The molecule has 0 atom stereocenters. The van der Waals surface area contributed by atoms with Gasteiger partial charge in [-0.2, -0.15) is 0 Å². The molecular weight excluding hydrogens is 338 g/mol. The average molecular weight is 350 g/mol. The zero-order valence-corrected chi connectivity index (χ0v) is 13.8. The van der Waals surface area contributed by atoms with E-state index in [1.807, 2.05) is 13.8 Å². The summed E-state index contributed by atoms with van der Waals surface area (Å²) in [5, 5.41) is 2.38. The van der Waals surface area contributed by atoms with Gasteiger partial charge in [0.2, 0.25) is 0 Å². The van der Waals surface area contributed by atoms with Crippen LogP contribution in [0.15, 0.2) is 24.3 Å². The highest BCUT2D eigenvalue weighted by Crippen LogP contribution is 2.33. The van der Waals surface area contributed by atoms with Crippen molar-refractivity contribution < 1.29 is 0 Å². The molecule has 0 saturated heterocycles. The molecule has 0 spiro atoms. The highest BCUT2D eigenvalue weighted by Gasteiger charge is 2.09. The fourth-order valence-corrected chi connectivity index (χ4v) is 2.49. The fraction of sp³-hybridized carbons (Fsp3) is 0.143. The molecule has 2 N–H and O–H groups in total. The summed E-state index contributed by atoms with van der Waals surface area (Å²) in [6.45, 7) is 3.71. The molecule has 0 aliphatic carbocycles. The second-order valence-electron chi connectivity index (χ2n) is 4.32. The lowest BCUT2D eigenvalue weighted by atomic mass is 10.2. The van der Waals surface area contributed by atoms with Gasteiger partial charge in [-0.25, -0.2) is 0 Å². The maximum atomic E-state index is 6.22. The van der Waals surface area contributed by atoms with Crippen molar-refractivity contribution in [1.82, 2.24) is 0 Å². The molecule has 0 aliphatic heterocycles. The van der Waals surface area contributed by atoms with E-state index < -0.39 is 0 Å². The standard InChI is InChI=1S/C14H12Cl4N2/c1-7-9(15)3-5-11(13(7)17)19-20-12-6-4-10(16)8(2)14(12)18/h3-6,19-20H,1-2H3. The topological polar surface area (TPSA) is 24.1 Å². The van der Waals surface area contributed by atoms with E-state index in [1.165, 1.54) is 0 Å². The molecule has 2 rings (SSSR count). The lowest BCUT2D eigenvalue weighted by molar-refractivity contribution is 1.36. The first-order valence-electron chi connectivity index (χ1n) is 5.83. The number of anilines is 2. The number of benzene rings is 2. The minimum absolute atomic E-state index is 0.562. The third kappa shape index (κ3) is 3.09. The van der Waals surface area contributed by atoms with E-state index >= 15 is 0 Å². The number of halogens is 4. The van der Waals surface area contributed by atoms with Crippen molar-refractivity contribution in [3.05, 3.63) is 55.5 Å². The fourth-order valence-electron chi connectivity index (χ4n) is 1.65. The lowest BCUT2D eigenvalue weighted by Crippen LogP contribution is -2.10. The smallest absolute Gasteiger partial charge is 0.0729 e. The molecule has 0 unspecified atom stereocenters. The van der Waals surface area contributed by atoms with E-state index in [0.29, 0.717) is 20.1 Å². The summed E-state index contributed by atoms with van der Waals surface area (Å²) >= 11 is 24.4. The summed E-state index contributed by atoms with van der Waals surface area (Å²) in [4.78, 5) is 0. The van der Waals surface area contributed by atoms with Crippen molar-refractivity contribution in [2.45, 2.75) is 13.8 Å². The van der Waals surface area contributed by atoms with Crippen LogP contribution in [0.5, 0.6) is 0 Å². The molecule has 0 saturated carbocycles. The Labute approximate surface area is 138 Å². The van der Waals surface area contributed by atoms with Crippen LogP contribution in [-0.2, 0) is 0 Å². The molecule has 106 valence electrons. The quantitative estimate of drug-likeness (QED) is 0.630. The normalized spacial score (nSPS) is 10.5. The van der Waals surface area contributed by atoms with Gasteiger partial charge in [0.25, 0.3) is 0 Å². The van der Waals surface area contributed by atoms with Gasteiger partial charge in [-0.15, -0.1) is 0 Å². The van der Waals surface area contributed by atoms with Crippen LogP contribution in [0.1, 0.15) is 11.1 Å². The summed E-state index contributed by atoms with van der Waals surface area (Å²) in [6, 6.07) is 7.14. The van der Waals surface area contributed by atoms with E-state index in [0.717, 1.165) is 22.5 Å². The van der Waals surface area contributed by atoms with E-state index in [1.54, 1.807) is 24.3 Å². The predicted octanol–water partition coefficient (Wildman–Crippen LogP) is 6.36. The number of hydrogen-bond donors (Lipinski definition) is 2. The first kappa shape index (κ1) is 15.6. The van der Waals surface area contributed by atoms with Gasteiger partial charge in [0.15, 0.2) is 0 Å². The van der Waals surface area contributed by atoms with E-state index in [2.05, 4.69) is 10.9 Å². The molecule has 0 bridgehead atoms. The Balaban J connectivity index is 2.22. The van der Waals surface area contributed by atoms with Crippen LogP contribution in [0.4, 0.5) is 11.4 Å². The van der Waals surface area contributed by atoms with Crippen molar-refractivity contribution in [3.63, 3.8) is 0 Å². The summed E-state index contributed by atoms with van der Waals surface area (Å²) in [5.41, 5.74) is 9.11. The van der Waals surface area contributed by atoms with Gasteiger partial charge in [0.1, 0.15) is 0 Å². The molecule has 6 heteroatoms. The average Bonchev–Trinajstić information content (AvgIpc) is 2.43. The maximum absolute atomic E-state index is 6.22. The van der Waals surface area contributed by atoms with Gasteiger partial charge in [0, 0.05) is 10.0 Å². The van der Waals surface area contributed by atoms with Crippen LogP contribution in [0.25, 0.3) is 0 Å². The largest absolute Gasteiger partial charge is 0.299 e. The molecule has 2 nitrogen and oxygen atoms in total. The van der Waals surface area contributed by atoms with E-state index in [9.17, 15) is 0 Å². The lowest BCUT2D eigenvalue weighted by Gasteiger charge is -2.15. The molecule has 2 aromatic carbocycles. The minimum Gasteiger partial charge on any atom is -0.299 e. The van der Waals surface area contributed by atoms with Gasteiger partial charge < -0.3 is 0 Å².